The van der Waals surface area contributed by atoms with Gasteiger partial charge in [-0.3, -0.25) is 9.79 Å². The number of allylic oxidation sites excluding steroid dienone is 1. The Hall–Kier alpha value is -2.39. The highest BCUT2D eigenvalue weighted by Gasteiger charge is 2.27. The summed E-state index contributed by atoms with van der Waals surface area (Å²) < 4.78 is 25.7. The van der Waals surface area contributed by atoms with Crippen molar-refractivity contribution < 1.29 is 13.2 Å². The fourth-order valence-corrected chi connectivity index (χ4v) is 2.96. The van der Waals surface area contributed by atoms with E-state index in [1.54, 1.807) is 31.2 Å². The molecule has 0 aliphatic rings. The van der Waals surface area contributed by atoms with Crippen LogP contribution >= 0.6 is 0 Å². The molecule has 0 radical (unpaired) electrons. The van der Waals surface area contributed by atoms with E-state index in [1.165, 1.54) is 25.3 Å². The first-order valence-electron chi connectivity index (χ1n) is 6.15. The summed E-state index contributed by atoms with van der Waals surface area (Å²) in [5, 5.41) is 0. The van der Waals surface area contributed by atoms with E-state index in [1.807, 2.05) is 0 Å². The van der Waals surface area contributed by atoms with Gasteiger partial charge in [0.25, 0.3) is 10.0 Å². The van der Waals surface area contributed by atoms with E-state index in [2.05, 4.69) is 10.9 Å². The van der Waals surface area contributed by atoms with Crippen LogP contribution in [0.5, 0.6) is 0 Å². The lowest BCUT2D eigenvalue weighted by molar-refractivity contribution is -0.123. The largest absolute Gasteiger partial charge is 0.274 e. The number of hydrogen-bond acceptors (Lipinski definition) is 4. The van der Waals surface area contributed by atoms with Crippen LogP contribution in [0.15, 0.2) is 52.0 Å². The highest BCUT2D eigenvalue weighted by atomic mass is 32.2. The van der Waals surface area contributed by atoms with Crippen molar-refractivity contribution >= 4 is 22.1 Å². The molecule has 5 nitrogen and oxygen atoms in total. The van der Waals surface area contributed by atoms with Crippen molar-refractivity contribution in [3.8, 4) is 12.3 Å². The Labute approximate surface area is 125 Å². The molecule has 6 heteroatoms. The van der Waals surface area contributed by atoms with Crippen molar-refractivity contribution in [1.82, 2.24) is 4.31 Å². The minimum atomic E-state index is -3.91. The SMILES string of the molecule is C#CC=N/C(=C\C)CN(C(C)=O)S(=O)(=O)c1ccccc1. The minimum absolute atomic E-state index is 0.0524. The summed E-state index contributed by atoms with van der Waals surface area (Å²) in [5.74, 6) is 1.63. The molecular formula is C15H16N2O3S. The quantitative estimate of drug-likeness (QED) is 0.615. The van der Waals surface area contributed by atoms with Gasteiger partial charge in [0.2, 0.25) is 5.91 Å². The summed E-state index contributed by atoms with van der Waals surface area (Å²) in [6, 6.07) is 7.76. The third-order valence-corrected chi connectivity index (χ3v) is 4.46. The molecule has 1 aromatic carbocycles. The molecule has 1 aromatic rings. The smallest absolute Gasteiger partial charge is 0.266 e. The first-order chi connectivity index (χ1) is 9.93. The highest BCUT2D eigenvalue weighted by Crippen LogP contribution is 2.17. The van der Waals surface area contributed by atoms with Crippen LogP contribution in [0.1, 0.15) is 13.8 Å². The maximum Gasteiger partial charge on any atom is 0.266 e. The predicted molar refractivity (Wildman–Crippen MR) is 82.1 cm³/mol. The van der Waals surface area contributed by atoms with Crippen LogP contribution in [0, 0.1) is 12.3 Å². The van der Waals surface area contributed by atoms with Crippen molar-refractivity contribution in [2.75, 3.05) is 6.54 Å². The molecule has 0 saturated carbocycles. The van der Waals surface area contributed by atoms with Crippen LogP contribution in [0.4, 0.5) is 0 Å². The second-order valence-corrected chi connectivity index (χ2v) is 5.91. The van der Waals surface area contributed by atoms with E-state index in [0.29, 0.717) is 5.70 Å². The Balaban J connectivity index is 3.17. The molecule has 0 heterocycles. The van der Waals surface area contributed by atoms with Crippen LogP contribution in [0.25, 0.3) is 0 Å². The summed E-state index contributed by atoms with van der Waals surface area (Å²) in [4.78, 5) is 15.7. The van der Waals surface area contributed by atoms with Gasteiger partial charge in [0.15, 0.2) is 0 Å². The Morgan fingerprint density at radius 2 is 2.00 bits per heavy atom. The zero-order valence-corrected chi connectivity index (χ0v) is 12.7. The Kier molecular flexibility index (Phi) is 5.88. The second-order valence-electron chi connectivity index (χ2n) is 4.05. The maximum absolute atomic E-state index is 12.5. The summed E-state index contributed by atoms with van der Waals surface area (Å²) in [6.07, 6.45) is 7.89. The van der Waals surface area contributed by atoms with Gasteiger partial charge in [-0.25, -0.2) is 12.7 Å². The molecule has 110 valence electrons. The van der Waals surface area contributed by atoms with Crippen molar-refractivity contribution in [1.29, 1.82) is 0 Å². The Bertz CT molecular complexity index is 698. The van der Waals surface area contributed by atoms with Gasteiger partial charge in [0.05, 0.1) is 23.4 Å². The number of aliphatic imine (C=N–C) groups is 1. The van der Waals surface area contributed by atoms with Crippen LogP contribution in [0.3, 0.4) is 0 Å². The van der Waals surface area contributed by atoms with E-state index in [9.17, 15) is 13.2 Å². The fraction of sp³-hybridized carbons (Fsp3) is 0.200. The van der Waals surface area contributed by atoms with Crippen LogP contribution in [-0.4, -0.2) is 31.4 Å². The van der Waals surface area contributed by atoms with Gasteiger partial charge >= 0.3 is 0 Å². The molecule has 0 aromatic heterocycles. The number of benzene rings is 1. The summed E-state index contributed by atoms with van der Waals surface area (Å²) in [6.45, 7) is 2.72. The monoisotopic (exact) mass is 304 g/mol. The molecule has 0 bridgehead atoms. The second kappa shape index (κ2) is 7.41. The highest BCUT2D eigenvalue weighted by molar-refractivity contribution is 7.89. The van der Waals surface area contributed by atoms with Gasteiger partial charge in [-0.15, -0.1) is 6.42 Å². The standard InChI is InChI=1S/C15H16N2O3S/c1-4-11-16-14(5-2)12-17(13(3)18)21(19,20)15-9-7-6-8-10-15/h1,5-11H,12H2,2-3H3/b14-5-,16-11?. The van der Waals surface area contributed by atoms with E-state index in [0.717, 1.165) is 4.31 Å². The van der Waals surface area contributed by atoms with Crippen LogP contribution in [0.2, 0.25) is 0 Å². The lowest BCUT2D eigenvalue weighted by Gasteiger charge is -2.21. The van der Waals surface area contributed by atoms with E-state index in [4.69, 9.17) is 6.42 Å². The first-order valence-corrected chi connectivity index (χ1v) is 7.59. The van der Waals surface area contributed by atoms with Gasteiger partial charge in [-0.2, -0.15) is 0 Å². The van der Waals surface area contributed by atoms with E-state index >= 15 is 0 Å². The number of hydrogen-bond donors (Lipinski definition) is 0. The molecular weight excluding hydrogens is 288 g/mol. The normalized spacial score (nSPS) is 12.1. The summed E-state index contributed by atoms with van der Waals surface area (Å²) in [5.41, 5.74) is 0.391. The fourth-order valence-electron chi connectivity index (χ4n) is 1.56. The summed E-state index contributed by atoms with van der Waals surface area (Å²) >= 11 is 0. The van der Waals surface area contributed by atoms with Crippen LogP contribution < -0.4 is 0 Å². The van der Waals surface area contributed by atoms with Gasteiger partial charge in [0, 0.05) is 6.92 Å². The van der Waals surface area contributed by atoms with E-state index < -0.39 is 15.9 Å². The molecule has 0 saturated heterocycles. The molecule has 0 aliphatic carbocycles. The lowest BCUT2D eigenvalue weighted by Crippen LogP contribution is -2.36. The van der Waals surface area contributed by atoms with Crippen molar-refractivity contribution in [2.45, 2.75) is 18.7 Å². The molecule has 1 amide bonds. The zero-order chi connectivity index (χ0) is 15.9. The van der Waals surface area contributed by atoms with Crippen molar-refractivity contribution in [3.63, 3.8) is 0 Å². The maximum atomic E-state index is 12.5. The third-order valence-electron chi connectivity index (χ3n) is 2.63. The molecule has 0 N–H and O–H groups in total. The molecule has 0 atom stereocenters. The first kappa shape index (κ1) is 16.7. The molecule has 0 unspecified atom stereocenters. The summed E-state index contributed by atoms with van der Waals surface area (Å²) in [7, 11) is -3.91. The number of rotatable bonds is 5. The molecule has 0 fully saturated rings. The Morgan fingerprint density at radius 1 is 1.38 bits per heavy atom. The third kappa shape index (κ3) is 4.29. The average molecular weight is 304 g/mol. The van der Waals surface area contributed by atoms with Gasteiger partial charge in [0.1, 0.15) is 0 Å². The number of sulfonamides is 1. The average Bonchev–Trinajstić information content (AvgIpc) is 2.47. The number of amides is 1. The molecule has 0 aliphatic heterocycles. The minimum Gasteiger partial charge on any atom is -0.274 e. The van der Waals surface area contributed by atoms with Gasteiger partial charge in [-0.05, 0) is 19.1 Å². The molecule has 1 rings (SSSR count). The van der Waals surface area contributed by atoms with Gasteiger partial charge < -0.3 is 0 Å². The predicted octanol–water partition coefficient (Wildman–Crippen LogP) is 1.83. The number of terminal acetylenes is 1. The van der Waals surface area contributed by atoms with Crippen LogP contribution in [-0.2, 0) is 14.8 Å². The number of carbonyl (C=O) groups is 1. The number of nitrogens with zero attached hydrogens (tertiary/aromatic N) is 2. The van der Waals surface area contributed by atoms with E-state index in [-0.39, 0.29) is 11.4 Å². The lowest BCUT2D eigenvalue weighted by atomic mass is 10.4. The molecule has 0 spiro atoms. The van der Waals surface area contributed by atoms with Crippen molar-refractivity contribution in [2.24, 2.45) is 4.99 Å². The zero-order valence-electron chi connectivity index (χ0n) is 11.9. The molecule has 21 heavy (non-hydrogen) atoms. The van der Waals surface area contributed by atoms with Gasteiger partial charge in [-0.1, -0.05) is 30.2 Å². The Morgan fingerprint density at radius 3 is 2.48 bits per heavy atom. The topological polar surface area (TPSA) is 66.8 Å². The van der Waals surface area contributed by atoms with Crippen molar-refractivity contribution in [3.05, 3.63) is 42.1 Å². The number of carbonyl (C=O) groups excluding carboxylic acids is 1.